The number of aromatic hydroxyl groups is 1. The number of anilines is 1. The lowest BCUT2D eigenvalue weighted by molar-refractivity contribution is -0.123. The number of hydrogen-bond acceptors (Lipinski definition) is 4. The lowest BCUT2D eigenvalue weighted by Gasteiger charge is -2.18. The molecule has 1 heterocycles. The number of hydrogen-bond donors (Lipinski definition) is 2. The van der Waals surface area contributed by atoms with Crippen LogP contribution in [0.4, 0.5) is 5.69 Å². The number of phenolic OH excluding ortho intramolecular Hbond substituents is 1. The van der Waals surface area contributed by atoms with Crippen LogP contribution in [0.1, 0.15) is 0 Å². The summed E-state index contributed by atoms with van der Waals surface area (Å²) in [4.78, 5) is 24.7. The summed E-state index contributed by atoms with van der Waals surface area (Å²) in [5.74, 6) is -1.44. The minimum Gasteiger partial charge on any atom is -0.506 e. The maximum absolute atomic E-state index is 11.8. The van der Waals surface area contributed by atoms with Gasteiger partial charge in [-0.15, -0.1) is 0 Å². The second kappa shape index (κ2) is 2.82. The van der Waals surface area contributed by atoms with E-state index in [-0.39, 0.29) is 41.1 Å². The number of nitrogens with zero attached hydrogens (tertiary/aromatic N) is 1. The van der Waals surface area contributed by atoms with Gasteiger partial charge in [-0.1, -0.05) is 12.1 Å². The lowest BCUT2D eigenvalue weighted by atomic mass is 10.2. The van der Waals surface area contributed by atoms with Crippen molar-refractivity contribution in [2.75, 3.05) is 4.90 Å². The van der Waals surface area contributed by atoms with Gasteiger partial charge in [-0.2, -0.15) is 0 Å². The lowest BCUT2D eigenvalue weighted by Crippen LogP contribution is -2.37. The topological polar surface area (TPSA) is 83.6 Å². The molecule has 2 unspecified atom stereocenters. The van der Waals surface area contributed by atoms with Gasteiger partial charge in [0.15, 0.2) is 0 Å². The number of imide groups is 1. The van der Waals surface area contributed by atoms with Crippen molar-refractivity contribution in [2.45, 2.75) is 6.04 Å². The zero-order chi connectivity index (χ0) is 11.4. The van der Waals surface area contributed by atoms with Gasteiger partial charge in [0.2, 0.25) is 11.8 Å². The quantitative estimate of drug-likeness (QED) is 0.641. The smallest absolute Gasteiger partial charge is 0.239 e. The van der Waals surface area contributed by atoms with Crippen LogP contribution in [0.2, 0.25) is 0 Å². The normalized spacial score (nSPS) is 31.8. The SMILES string of the molecule is NC1C2C(=O)N(c3ccccc3O)C(=O)C12. The van der Waals surface area contributed by atoms with Crippen LogP contribution in [0, 0.1) is 11.8 Å². The molecular weight excluding hydrogens is 208 g/mol. The van der Waals surface area contributed by atoms with Crippen molar-refractivity contribution in [1.82, 2.24) is 0 Å². The number of fused-ring (bicyclic) bond motifs is 1. The van der Waals surface area contributed by atoms with Crippen molar-refractivity contribution in [3.63, 3.8) is 0 Å². The van der Waals surface area contributed by atoms with Crippen molar-refractivity contribution in [2.24, 2.45) is 17.6 Å². The molecule has 0 spiro atoms. The number of rotatable bonds is 1. The number of para-hydroxylation sites is 2. The second-order valence-electron chi connectivity index (χ2n) is 4.13. The van der Waals surface area contributed by atoms with Crippen molar-refractivity contribution >= 4 is 17.5 Å². The molecule has 1 saturated heterocycles. The molecule has 1 aliphatic heterocycles. The zero-order valence-electron chi connectivity index (χ0n) is 8.33. The summed E-state index contributed by atoms with van der Waals surface area (Å²) in [6.45, 7) is 0. The van der Waals surface area contributed by atoms with E-state index in [0.29, 0.717) is 0 Å². The Hall–Kier alpha value is -1.88. The molecule has 0 radical (unpaired) electrons. The number of carbonyl (C=O) groups excluding carboxylic acids is 2. The fraction of sp³-hybridized carbons (Fsp3) is 0.273. The summed E-state index contributed by atoms with van der Waals surface area (Å²) in [5.41, 5.74) is 5.85. The van der Waals surface area contributed by atoms with E-state index in [4.69, 9.17) is 5.73 Å². The third kappa shape index (κ3) is 0.979. The molecule has 2 aliphatic rings. The molecule has 3 N–H and O–H groups in total. The van der Waals surface area contributed by atoms with E-state index >= 15 is 0 Å². The number of benzene rings is 1. The molecule has 1 aromatic rings. The van der Waals surface area contributed by atoms with Crippen LogP contribution >= 0.6 is 0 Å². The van der Waals surface area contributed by atoms with Crippen LogP contribution in [-0.2, 0) is 9.59 Å². The van der Waals surface area contributed by atoms with E-state index in [1.165, 1.54) is 6.07 Å². The van der Waals surface area contributed by atoms with Crippen LogP contribution in [0.5, 0.6) is 5.75 Å². The van der Waals surface area contributed by atoms with Gasteiger partial charge in [-0.05, 0) is 12.1 Å². The first-order chi connectivity index (χ1) is 7.63. The average Bonchev–Trinajstić information content (AvgIpc) is 2.84. The van der Waals surface area contributed by atoms with Gasteiger partial charge in [0.1, 0.15) is 5.75 Å². The Balaban J connectivity index is 2.02. The van der Waals surface area contributed by atoms with E-state index in [1.807, 2.05) is 0 Å². The molecule has 82 valence electrons. The van der Waals surface area contributed by atoms with Crippen molar-refractivity contribution in [3.8, 4) is 5.75 Å². The molecule has 1 aliphatic carbocycles. The molecule has 5 nitrogen and oxygen atoms in total. The Kier molecular flexibility index (Phi) is 1.65. The molecule has 2 fully saturated rings. The maximum Gasteiger partial charge on any atom is 0.239 e. The molecule has 1 aromatic carbocycles. The summed E-state index contributed by atoms with van der Waals surface area (Å²) < 4.78 is 0. The van der Waals surface area contributed by atoms with Gasteiger partial charge in [0.25, 0.3) is 0 Å². The van der Waals surface area contributed by atoms with Gasteiger partial charge >= 0.3 is 0 Å². The summed E-state index contributed by atoms with van der Waals surface area (Å²) in [7, 11) is 0. The Morgan fingerprint density at radius 2 is 1.69 bits per heavy atom. The molecule has 0 bridgehead atoms. The van der Waals surface area contributed by atoms with Gasteiger partial charge in [-0.25, -0.2) is 4.90 Å². The second-order valence-corrected chi connectivity index (χ2v) is 4.13. The van der Waals surface area contributed by atoms with Crippen molar-refractivity contribution < 1.29 is 14.7 Å². The molecule has 5 heteroatoms. The fourth-order valence-corrected chi connectivity index (χ4v) is 2.27. The molecule has 2 atom stereocenters. The predicted octanol–water partition coefficient (Wildman–Crippen LogP) is -0.161. The highest BCUT2D eigenvalue weighted by Crippen LogP contribution is 2.48. The zero-order valence-corrected chi connectivity index (χ0v) is 8.33. The number of amides is 2. The Bertz CT molecular complexity index is 478. The van der Waals surface area contributed by atoms with Crippen LogP contribution in [0.3, 0.4) is 0 Å². The van der Waals surface area contributed by atoms with Gasteiger partial charge in [0, 0.05) is 6.04 Å². The Morgan fingerprint density at radius 1 is 1.12 bits per heavy atom. The first-order valence-corrected chi connectivity index (χ1v) is 5.04. The first-order valence-electron chi connectivity index (χ1n) is 5.04. The number of piperidine rings is 1. The first kappa shape index (κ1) is 9.35. The highest BCUT2D eigenvalue weighted by molar-refractivity contribution is 6.26. The van der Waals surface area contributed by atoms with Crippen LogP contribution in [0.15, 0.2) is 24.3 Å². The van der Waals surface area contributed by atoms with E-state index in [1.54, 1.807) is 18.2 Å². The Labute approximate surface area is 91.5 Å². The molecule has 2 amide bonds. The van der Waals surface area contributed by atoms with E-state index in [2.05, 4.69) is 0 Å². The summed E-state index contributed by atoms with van der Waals surface area (Å²) in [5, 5.41) is 9.60. The predicted molar refractivity (Wildman–Crippen MR) is 55.6 cm³/mol. The van der Waals surface area contributed by atoms with Crippen molar-refractivity contribution in [3.05, 3.63) is 24.3 Å². The minimum absolute atomic E-state index is 0.0703. The van der Waals surface area contributed by atoms with E-state index < -0.39 is 0 Å². The summed E-state index contributed by atoms with van der Waals surface area (Å²) >= 11 is 0. The van der Waals surface area contributed by atoms with Crippen molar-refractivity contribution in [1.29, 1.82) is 0 Å². The van der Waals surface area contributed by atoms with E-state index in [9.17, 15) is 14.7 Å². The van der Waals surface area contributed by atoms with Crippen LogP contribution in [0.25, 0.3) is 0 Å². The molecule has 3 rings (SSSR count). The molecule has 1 saturated carbocycles. The Morgan fingerprint density at radius 3 is 2.25 bits per heavy atom. The number of phenols is 1. The standard InChI is InChI=1S/C11H10N2O3/c12-9-7-8(9)11(16)13(10(7)15)5-3-1-2-4-6(5)14/h1-4,7-9,14H,12H2. The average molecular weight is 218 g/mol. The largest absolute Gasteiger partial charge is 0.506 e. The summed E-state index contributed by atoms with van der Waals surface area (Å²) in [6, 6.07) is 5.96. The third-order valence-corrected chi connectivity index (χ3v) is 3.21. The van der Waals surface area contributed by atoms with Gasteiger partial charge in [0.05, 0.1) is 17.5 Å². The molecule has 16 heavy (non-hydrogen) atoms. The highest BCUT2D eigenvalue weighted by Gasteiger charge is 2.66. The van der Waals surface area contributed by atoms with E-state index in [0.717, 1.165) is 4.90 Å². The third-order valence-electron chi connectivity index (χ3n) is 3.21. The molecule has 0 aromatic heterocycles. The molecular formula is C11H10N2O3. The highest BCUT2D eigenvalue weighted by atomic mass is 16.3. The van der Waals surface area contributed by atoms with Gasteiger partial charge in [-0.3, -0.25) is 9.59 Å². The monoisotopic (exact) mass is 218 g/mol. The van der Waals surface area contributed by atoms with Crippen LogP contribution in [-0.4, -0.2) is 23.0 Å². The maximum atomic E-state index is 11.8. The van der Waals surface area contributed by atoms with Crippen LogP contribution < -0.4 is 10.6 Å². The van der Waals surface area contributed by atoms with Gasteiger partial charge < -0.3 is 10.8 Å². The summed E-state index contributed by atoms with van der Waals surface area (Å²) in [6.07, 6.45) is 0. The minimum atomic E-state index is -0.382. The number of nitrogens with two attached hydrogens (primary N) is 1. The fourth-order valence-electron chi connectivity index (χ4n) is 2.27. The number of carbonyl (C=O) groups is 2.